The molecule has 1 aromatic heterocycles. The number of anilines is 1. The number of nitrogens with one attached hydrogen (secondary N) is 1. The Morgan fingerprint density at radius 1 is 1.60 bits per heavy atom. The lowest BCUT2D eigenvalue weighted by Gasteiger charge is -2.22. The van der Waals surface area contributed by atoms with E-state index < -0.39 is 16.5 Å². The molecule has 0 amide bonds. The molecule has 0 bridgehead atoms. The summed E-state index contributed by atoms with van der Waals surface area (Å²) in [4.78, 5) is 24.7. The van der Waals surface area contributed by atoms with Crippen molar-refractivity contribution < 1.29 is 19.9 Å². The van der Waals surface area contributed by atoms with Gasteiger partial charge in [-0.2, -0.15) is 11.8 Å². The molecule has 0 aromatic carbocycles. The van der Waals surface area contributed by atoms with Gasteiger partial charge in [0.1, 0.15) is 0 Å². The van der Waals surface area contributed by atoms with E-state index in [9.17, 15) is 20.0 Å². The fourth-order valence-electron chi connectivity index (χ4n) is 1.48. The van der Waals surface area contributed by atoms with Gasteiger partial charge in [0.2, 0.25) is 5.82 Å². The highest BCUT2D eigenvalue weighted by atomic mass is 32.2. The number of nitrogens with zero attached hydrogens (tertiary/aromatic N) is 2. The van der Waals surface area contributed by atoms with E-state index in [2.05, 4.69) is 10.3 Å². The van der Waals surface area contributed by atoms with Crippen molar-refractivity contribution in [2.24, 2.45) is 0 Å². The second kappa shape index (κ2) is 6.53. The van der Waals surface area contributed by atoms with Gasteiger partial charge >= 0.3 is 11.7 Å². The van der Waals surface area contributed by atoms with Gasteiger partial charge in [-0.25, -0.2) is 9.78 Å². The largest absolute Gasteiger partial charge is 0.477 e. The second-order valence-electron chi connectivity index (χ2n) is 4.41. The molecule has 1 atom stereocenters. The molecule has 0 spiro atoms. The van der Waals surface area contributed by atoms with E-state index in [0.717, 1.165) is 12.1 Å². The van der Waals surface area contributed by atoms with Gasteiger partial charge in [-0.1, -0.05) is 0 Å². The Kier molecular flexibility index (Phi) is 5.28. The monoisotopic (exact) mass is 301 g/mol. The van der Waals surface area contributed by atoms with Gasteiger partial charge in [0.15, 0.2) is 5.69 Å². The Morgan fingerprint density at radius 3 is 2.75 bits per heavy atom. The Hall–Kier alpha value is -1.87. The van der Waals surface area contributed by atoms with Crippen molar-refractivity contribution in [2.45, 2.75) is 12.5 Å². The van der Waals surface area contributed by atoms with Crippen LogP contribution in [0.15, 0.2) is 12.1 Å². The molecule has 0 aliphatic heterocycles. The molecule has 20 heavy (non-hydrogen) atoms. The summed E-state index contributed by atoms with van der Waals surface area (Å²) < 4.78 is 0. The van der Waals surface area contributed by atoms with Crippen LogP contribution in [0.2, 0.25) is 0 Å². The Labute approximate surface area is 119 Å². The number of rotatable bonds is 7. The van der Waals surface area contributed by atoms with Crippen molar-refractivity contribution >= 4 is 29.2 Å². The Morgan fingerprint density at radius 2 is 2.25 bits per heavy atom. The molecule has 1 unspecified atom stereocenters. The number of pyridine rings is 1. The molecule has 1 rings (SSSR count). The maximum Gasteiger partial charge on any atom is 0.354 e. The van der Waals surface area contributed by atoms with Gasteiger partial charge in [0.25, 0.3) is 0 Å². The third-order valence-corrected chi connectivity index (χ3v) is 3.29. The van der Waals surface area contributed by atoms with Gasteiger partial charge in [-0.3, -0.25) is 10.1 Å². The summed E-state index contributed by atoms with van der Waals surface area (Å²) in [5.41, 5.74) is -1.73. The van der Waals surface area contributed by atoms with Crippen LogP contribution in [-0.4, -0.2) is 50.2 Å². The first-order chi connectivity index (χ1) is 9.26. The summed E-state index contributed by atoms with van der Waals surface area (Å²) in [6.07, 6.45) is 1.82. The molecule has 9 heteroatoms. The van der Waals surface area contributed by atoms with E-state index in [0.29, 0.717) is 5.75 Å². The van der Waals surface area contributed by atoms with Crippen molar-refractivity contribution in [3.8, 4) is 0 Å². The summed E-state index contributed by atoms with van der Waals surface area (Å²) in [5, 5.41) is 32.3. The predicted octanol–water partition coefficient (Wildman–Crippen LogP) is 1.21. The molecule has 0 saturated carbocycles. The van der Waals surface area contributed by atoms with Crippen LogP contribution in [0.1, 0.15) is 17.4 Å². The predicted molar refractivity (Wildman–Crippen MR) is 75.3 cm³/mol. The number of aliphatic hydroxyl groups is 1. The van der Waals surface area contributed by atoms with Crippen LogP contribution < -0.4 is 5.32 Å². The molecular formula is C11H15N3O5S. The number of carbonyl (C=O) groups is 1. The number of aromatic nitrogens is 1. The van der Waals surface area contributed by atoms with Crippen LogP contribution in [0.3, 0.4) is 0 Å². The zero-order valence-electron chi connectivity index (χ0n) is 11.0. The Balaban J connectivity index is 2.99. The van der Waals surface area contributed by atoms with E-state index >= 15 is 0 Å². The van der Waals surface area contributed by atoms with Crippen LogP contribution in [-0.2, 0) is 0 Å². The molecule has 1 aromatic rings. The minimum absolute atomic E-state index is 0.0186. The molecule has 0 aliphatic rings. The number of nitro groups is 1. The van der Waals surface area contributed by atoms with Gasteiger partial charge in [0, 0.05) is 18.4 Å². The lowest BCUT2D eigenvalue weighted by atomic mass is 10.1. The van der Waals surface area contributed by atoms with Gasteiger partial charge in [-0.15, -0.1) is 0 Å². The molecular weight excluding hydrogens is 286 g/mol. The van der Waals surface area contributed by atoms with Gasteiger partial charge in [0.05, 0.1) is 10.5 Å². The first-order valence-electron chi connectivity index (χ1n) is 5.61. The third kappa shape index (κ3) is 4.35. The minimum atomic E-state index is -1.28. The molecule has 0 fully saturated rings. The van der Waals surface area contributed by atoms with E-state index in [1.807, 2.05) is 6.26 Å². The number of aromatic carboxylic acids is 1. The average molecular weight is 301 g/mol. The summed E-state index contributed by atoms with van der Waals surface area (Å²) in [6.45, 7) is 1.59. The third-order valence-electron chi connectivity index (χ3n) is 2.38. The maximum absolute atomic E-state index is 10.9. The van der Waals surface area contributed by atoms with Crippen molar-refractivity contribution in [1.82, 2.24) is 4.98 Å². The fraction of sp³-hybridized carbons (Fsp3) is 0.455. The molecule has 3 N–H and O–H groups in total. The van der Waals surface area contributed by atoms with E-state index in [4.69, 9.17) is 5.11 Å². The highest BCUT2D eigenvalue weighted by Gasteiger charge is 2.23. The van der Waals surface area contributed by atoms with Gasteiger partial charge in [-0.05, 0) is 19.2 Å². The lowest BCUT2D eigenvalue weighted by Crippen LogP contribution is -2.36. The van der Waals surface area contributed by atoms with Gasteiger partial charge < -0.3 is 15.5 Å². The molecule has 1 heterocycles. The minimum Gasteiger partial charge on any atom is -0.477 e. The molecule has 0 aliphatic carbocycles. The number of hydrogen-bond donors (Lipinski definition) is 3. The average Bonchev–Trinajstić information content (AvgIpc) is 2.35. The second-order valence-corrected chi connectivity index (χ2v) is 5.28. The zero-order valence-corrected chi connectivity index (χ0v) is 11.8. The van der Waals surface area contributed by atoms with Crippen LogP contribution in [0.4, 0.5) is 11.5 Å². The number of thioether (sulfide) groups is 1. The molecule has 0 radical (unpaired) electrons. The molecule has 0 saturated heterocycles. The topological polar surface area (TPSA) is 126 Å². The van der Waals surface area contributed by atoms with Crippen LogP contribution >= 0.6 is 11.8 Å². The van der Waals surface area contributed by atoms with E-state index in [1.165, 1.54) is 11.8 Å². The first-order valence-corrected chi connectivity index (χ1v) is 7.00. The van der Waals surface area contributed by atoms with Crippen LogP contribution in [0, 0.1) is 10.1 Å². The standard InChI is InChI=1S/C11H15N3O5S/c1-11(17,6-20-2)5-12-9-8(14(18)19)4-3-7(13-9)10(15)16/h3-4,17H,5-6H2,1-2H3,(H,12,13)(H,15,16). The number of hydrogen-bond acceptors (Lipinski definition) is 7. The Bertz CT molecular complexity index is 521. The molecule has 110 valence electrons. The SMILES string of the molecule is CSCC(C)(O)CNc1nc(C(=O)O)ccc1[N+](=O)[O-]. The molecule has 8 nitrogen and oxygen atoms in total. The lowest BCUT2D eigenvalue weighted by molar-refractivity contribution is -0.384. The summed E-state index contributed by atoms with van der Waals surface area (Å²) in [5.74, 6) is -1.03. The van der Waals surface area contributed by atoms with Crippen molar-refractivity contribution in [2.75, 3.05) is 23.9 Å². The normalized spacial score (nSPS) is 13.6. The van der Waals surface area contributed by atoms with E-state index in [1.54, 1.807) is 6.92 Å². The summed E-state index contributed by atoms with van der Waals surface area (Å²) in [6, 6.07) is 2.13. The maximum atomic E-state index is 10.9. The van der Waals surface area contributed by atoms with E-state index in [-0.39, 0.29) is 23.7 Å². The summed E-state index contributed by atoms with van der Waals surface area (Å²) in [7, 11) is 0. The van der Waals surface area contributed by atoms with Crippen molar-refractivity contribution in [3.05, 3.63) is 27.9 Å². The van der Waals surface area contributed by atoms with Crippen LogP contribution in [0.5, 0.6) is 0 Å². The number of carboxylic acid groups (broad SMARTS) is 1. The van der Waals surface area contributed by atoms with Crippen molar-refractivity contribution in [3.63, 3.8) is 0 Å². The zero-order chi connectivity index (χ0) is 15.3. The highest BCUT2D eigenvalue weighted by molar-refractivity contribution is 7.98. The summed E-state index contributed by atoms with van der Waals surface area (Å²) >= 11 is 1.42. The van der Waals surface area contributed by atoms with Crippen LogP contribution in [0.25, 0.3) is 0 Å². The fourth-order valence-corrected chi connectivity index (χ4v) is 2.21. The van der Waals surface area contributed by atoms with Crippen molar-refractivity contribution in [1.29, 1.82) is 0 Å². The first kappa shape index (κ1) is 16.2. The quantitative estimate of drug-likeness (QED) is 0.507. The number of carboxylic acids is 1. The smallest absolute Gasteiger partial charge is 0.354 e. The highest BCUT2D eigenvalue weighted by Crippen LogP contribution is 2.23.